The highest BCUT2D eigenvalue weighted by atomic mass is 19.4. The van der Waals surface area contributed by atoms with Crippen molar-refractivity contribution in [3.8, 4) is 0 Å². The Kier molecular flexibility index (Phi) is 6.39. The van der Waals surface area contributed by atoms with E-state index in [1.165, 1.54) is 19.2 Å². The van der Waals surface area contributed by atoms with Crippen LogP contribution in [0.4, 0.5) is 37.7 Å². The van der Waals surface area contributed by atoms with Crippen LogP contribution >= 0.6 is 0 Å². The molecule has 1 aromatic carbocycles. The molecule has 8 nitrogen and oxygen atoms in total. The minimum Gasteiger partial charge on any atom is -0.390 e. The van der Waals surface area contributed by atoms with Gasteiger partial charge in [0.15, 0.2) is 5.69 Å². The number of aliphatic hydroxyl groups is 1. The maximum atomic E-state index is 13.9. The zero-order valence-corrected chi connectivity index (χ0v) is 19.5. The number of rotatable bonds is 4. The summed E-state index contributed by atoms with van der Waals surface area (Å²) in [4.78, 5) is 14.9. The number of fused-ring (bicyclic) bond motifs is 2. The number of hydrogen-bond donors (Lipinski definition) is 2. The largest absolute Gasteiger partial charge is 0.435 e. The Morgan fingerprint density at radius 2 is 1.84 bits per heavy atom. The molecule has 3 aliphatic rings. The second-order valence-electron chi connectivity index (χ2n) is 9.42. The van der Waals surface area contributed by atoms with Crippen LogP contribution in [0.2, 0.25) is 0 Å². The fraction of sp³-hybridized carbons (Fsp3) is 0.565. The second-order valence-corrected chi connectivity index (χ2v) is 9.42. The van der Waals surface area contributed by atoms with E-state index in [-0.39, 0.29) is 49.7 Å². The molecule has 2 bridgehead atoms. The van der Waals surface area contributed by atoms with Gasteiger partial charge in [0.2, 0.25) is 5.91 Å². The molecule has 2 aromatic rings. The lowest BCUT2D eigenvalue weighted by Crippen LogP contribution is -2.41. The minimum absolute atomic E-state index is 0.0185. The van der Waals surface area contributed by atoms with Crippen molar-refractivity contribution in [2.24, 2.45) is 13.0 Å². The van der Waals surface area contributed by atoms with Gasteiger partial charge in [0.1, 0.15) is 0 Å². The van der Waals surface area contributed by atoms with Gasteiger partial charge in [-0.3, -0.25) is 9.48 Å². The molecule has 14 heteroatoms. The van der Waals surface area contributed by atoms with E-state index in [9.17, 15) is 36.2 Å². The molecule has 0 radical (unpaired) electrons. The van der Waals surface area contributed by atoms with Crippen LogP contribution in [0.3, 0.4) is 0 Å². The number of aryl methyl sites for hydroxylation is 1. The van der Waals surface area contributed by atoms with Crippen LogP contribution in [-0.2, 0) is 33.7 Å². The summed E-state index contributed by atoms with van der Waals surface area (Å²) in [6.07, 6.45) is -11.5. The van der Waals surface area contributed by atoms with E-state index in [0.29, 0.717) is 0 Å². The Morgan fingerprint density at radius 1 is 1.14 bits per heavy atom. The van der Waals surface area contributed by atoms with Gasteiger partial charge in [-0.1, -0.05) is 0 Å². The first-order valence-electron chi connectivity index (χ1n) is 11.6. The van der Waals surface area contributed by atoms with Gasteiger partial charge in [0.05, 0.1) is 43.0 Å². The number of amides is 1. The van der Waals surface area contributed by atoms with Gasteiger partial charge in [-0.2, -0.15) is 31.4 Å². The van der Waals surface area contributed by atoms with E-state index in [2.05, 4.69) is 10.4 Å². The Hall–Kier alpha value is -2.84. The predicted octanol–water partition coefficient (Wildman–Crippen LogP) is 3.16. The number of ether oxygens (including phenoxy) is 2. The summed E-state index contributed by atoms with van der Waals surface area (Å²) < 4.78 is 94.6. The summed E-state index contributed by atoms with van der Waals surface area (Å²) in [7, 11) is 1.30. The third-order valence-corrected chi connectivity index (χ3v) is 7.04. The highest BCUT2D eigenvalue weighted by Gasteiger charge is 2.59. The van der Waals surface area contributed by atoms with Crippen LogP contribution in [0, 0.1) is 5.92 Å². The SMILES string of the molecule is Cn1cc(C2C3OC(CC3O)C2C(=O)Nc2ccc(N3CCOCC3)c(C(F)(F)F)c2)c(C(F)(F)F)n1. The van der Waals surface area contributed by atoms with Crippen molar-refractivity contribution >= 4 is 17.3 Å². The fourth-order valence-electron chi connectivity index (χ4n) is 5.53. The topological polar surface area (TPSA) is 88.9 Å². The van der Waals surface area contributed by atoms with Crippen molar-refractivity contribution in [1.29, 1.82) is 0 Å². The van der Waals surface area contributed by atoms with E-state index in [0.717, 1.165) is 16.9 Å². The van der Waals surface area contributed by atoms with E-state index in [1.54, 1.807) is 4.90 Å². The fourth-order valence-corrected chi connectivity index (χ4v) is 5.53. The number of carbonyl (C=O) groups is 1. The van der Waals surface area contributed by atoms with Gasteiger partial charge in [0, 0.05) is 55.6 Å². The lowest BCUT2D eigenvalue weighted by Gasteiger charge is -2.32. The number of nitrogens with zero attached hydrogens (tertiary/aromatic N) is 3. The molecule has 0 saturated carbocycles. The predicted molar refractivity (Wildman–Crippen MR) is 117 cm³/mol. The molecule has 3 saturated heterocycles. The molecule has 202 valence electrons. The number of aliphatic hydroxyl groups excluding tert-OH is 1. The van der Waals surface area contributed by atoms with Crippen LogP contribution in [0.5, 0.6) is 0 Å². The smallest absolute Gasteiger partial charge is 0.390 e. The highest BCUT2D eigenvalue weighted by molar-refractivity contribution is 5.94. The molecule has 5 atom stereocenters. The van der Waals surface area contributed by atoms with Gasteiger partial charge in [0.25, 0.3) is 0 Å². The molecule has 0 spiro atoms. The Labute approximate surface area is 207 Å². The molecular formula is C23H24F6N4O4. The van der Waals surface area contributed by atoms with Gasteiger partial charge in [-0.05, 0) is 18.2 Å². The number of hydrogen-bond acceptors (Lipinski definition) is 6. The van der Waals surface area contributed by atoms with Crippen molar-refractivity contribution in [1.82, 2.24) is 9.78 Å². The molecule has 2 N–H and O–H groups in total. The Bertz CT molecular complexity index is 1180. The average molecular weight is 534 g/mol. The van der Waals surface area contributed by atoms with Gasteiger partial charge in [-0.15, -0.1) is 0 Å². The number of aromatic nitrogens is 2. The van der Waals surface area contributed by atoms with Crippen molar-refractivity contribution in [3.05, 3.63) is 41.2 Å². The summed E-state index contributed by atoms with van der Waals surface area (Å²) >= 11 is 0. The Morgan fingerprint density at radius 3 is 2.49 bits per heavy atom. The van der Waals surface area contributed by atoms with Crippen molar-refractivity contribution in [2.75, 3.05) is 36.5 Å². The number of alkyl halides is 6. The number of morpholine rings is 1. The van der Waals surface area contributed by atoms with Crippen LogP contribution in [0.1, 0.15) is 29.2 Å². The number of anilines is 2. The van der Waals surface area contributed by atoms with E-state index < -0.39 is 59.7 Å². The van der Waals surface area contributed by atoms with Gasteiger partial charge in [-0.25, -0.2) is 0 Å². The van der Waals surface area contributed by atoms with E-state index in [1.807, 2.05) is 0 Å². The zero-order valence-electron chi connectivity index (χ0n) is 19.5. The van der Waals surface area contributed by atoms with E-state index >= 15 is 0 Å². The van der Waals surface area contributed by atoms with Gasteiger partial charge >= 0.3 is 12.4 Å². The van der Waals surface area contributed by atoms with Gasteiger partial charge < -0.3 is 24.8 Å². The molecule has 3 fully saturated rings. The molecule has 5 rings (SSSR count). The molecule has 1 amide bonds. The molecule has 4 heterocycles. The quantitative estimate of drug-likeness (QED) is 0.587. The first-order valence-corrected chi connectivity index (χ1v) is 11.6. The van der Waals surface area contributed by atoms with Crippen molar-refractivity contribution < 1.29 is 45.7 Å². The summed E-state index contributed by atoms with van der Waals surface area (Å²) in [5.74, 6) is -3.16. The summed E-state index contributed by atoms with van der Waals surface area (Å²) in [5, 5.41) is 16.2. The lowest BCUT2D eigenvalue weighted by molar-refractivity contribution is -0.143. The van der Waals surface area contributed by atoms with Crippen LogP contribution in [0.15, 0.2) is 24.4 Å². The maximum Gasteiger partial charge on any atom is 0.435 e. The summed E-state index contributed by atoms with van der Waals surface area (Å²) in [5.41, 5.74) is -2.66. The summed E-state index contributed by atoms with van der Waals surface area (Å²) in [6, 6.07) is 3.39. The van der Waals surface area contributed by atoms with Crippen LogP contribution in [-0.4, -0.2) is 65.4 Å². The lowest BCUT2D eigenvalue weighted by atomic mass is 9.73. The second kappa shape index (κ2) is 9.17. The third kappa shape index (κ3) is 4.77. The number of nitrogens with one attached hydrogen (secondary N) is 1. The molecule has 5 unspecified atom stereocenters. The molecule has 1 aromatic heterocycles. The highest BCUT2D eigenvalue weighted by Crippen LogP contribution is 2.51. The number of benzene rings is 1. The Balaban J connectivity index is 1.45. The maximum absolute atomic E-state index is 13.9. The number of carbonyl (C=O) groups excluding carboxylic acids is 1. The molecule has 37 heavy (non-hydrogen) atoms. The van der Waals surface area contributed by atoms with Crippen LogP contribution in [0.25, 0.3) is 0 Å². The number of halogens is 6. The molecule has 3 aliphatic heterocycles. The minimum atomic E-state index is -4.82. The van der Waals surface area contributed by atoms with Crippen molar-refractivity contribution in [2.45, 2.75) is 43.0 Å². The van der Waals surface area contributed by atoms with Crippen molar-refractivity contribution in [3.63, 3.8) is 0 Å². The summed E-state index contributed by atoms with van der Waals surface area (Å²) in [6.45, 7) is 1.10. The molecule has 0 aliphatic carbocycles. The average Bonchev–Trinajstić information content (AvgIpc) is 3.50. The standard InChI is InChI=1S/C23H24F6N4O4/c1-32-10-12(20(31-32)23(27,28)29)17-18(16-9-15(34)19(17)37-16)21(35)30-11-2-3-14(13(8-11)22(24,25)26)33-4-6-36-7-5-33/h2-3,8,10,15-19,34H,4-7,9H2,1H3,(H,30,35). The normalized spacial score (nSPS) is 28.1. The zero-order chi connectivity index (χ0) is 26.7. The first kappa shape index (κ1) is 25.8. The molecular weight excluding hydrogens is 510 g/mol. The van der Waals surface area contributed by atoms with E-state index in [4.69, 9.17) is 9.47 Å². The van der Waals surface area contributed by atoms with Crippen LogP contribution < -0.4 is 10.2 Å². The first-order chi connectivity index (χ1) is 17.3. The monoisotopic (exact) mass is 534 g/mol. The third-order valence-electron chi connectivity index (χ3n) is 7.04.